The first-order valence-electron chi connectivity index (χ1n) is 6.28. The summed E-state index contributed by atoms with van der Waals surface area (Å²) in [6.07, 6.45) is 1.72. The van der Waals surface area contributed by atoms with Crippen LogP contribution in [0.25, 0.3) is 0 Å². The fraction of sp³-hybridized carbons (Fsp3) is 0.538. The number of aliphatic carboxylic acids is 1. The molecule has 0 aromatic carbocycles. The lowest BCUT2D eigenvalue weighted by Gasteiger charge is -2.35. The predicted molar refractivity (Wildman–Crippen MR) is 71.2 cm³/mol. The number of carboxylic acid groups (broad SMARTS) is 1. The molecule has 1 N–H and O–H groups in total. The van der Waals surface area contributed by atoms with Crippen molar-refractivity contribution in [2.45, 2.75) is 25.8 Å². The molecule has 104 valence electrons. The Kier molecular flexibility index (Phi) is 4.55. The normalized spacial score (nSPS) is 18.2. The third-order valence-electron chi connectivity index (χ3n) is 3.25. The number of carbonyl (C=O) groups excluding carboxylic acids is 1. The van der Waals surface area contributed by atoms with Gasteiger partial charge in [-0.2, -0.15) is 0 Å². The van der Waals surface area contributed by atoms with Crippen molar-refractivity contribution < 1.29 is 19.4 Å². The van der Waals surface area contributed by atoms with Crippen molar-refractivity contribution in [1.82, 2.24) is 4.90 Å². The van der Waals surface area contributed by atoms with E-state index in [1.807, 2.05) is 0 Å². The summed E-state index contributed by atoms with van der Waals surface area (Å²) in [6, 6.07) is 2.17. The molecule has 0 fully saturated rings. The van der Waals surface area contributed by atoms with E-state index < -0.39 is 12.6 Å². The van der Waals surface area contributed by atoms with Gasteiger partial charge in [-0.15, -0.1) is 11.3 Å². The summed E-state index contributed by atoms with van der Waals surface area (Å²) in [5.74, 6) is -1.19. The van der Waals surface area contributed by atoms with Crippen LogP contribution in [-0.2, 0) is 20.7 Å². The van der Waals surface area contributed by atoms with E-state index in [0.29, 0.717) is 6.54 Å². The van der Waals surface area contributed by atoms with Crippen LogP contribution in [0.4, 0.5) is 0 Å². The molecule has 2 heterocycles. The average molecular weight is 283 g/mol. The second kappa shape index (κ2) is 6.16. The fourth-order valence-corrected chi connectivity index (χ4v) is 3.37. The van der Waals surface area contributed by atoms with Crippen molar-refractivity contribution >= 4 is 23.2 Å². The number of ether oxygens (including phenoxy) is 1. The lowest BCUT2D eigenvalue weighted by atomic mass is 9.98. The number of amides is 1. The lowest BCUT2D eigenvalue weighted by Crippen LogP contribution is -2.41. The molecule has 1 aromatic rings. The van der Waals surface area contributed by atoms with Gasteiger partial charge >= 0.3 is 5.97 Å². The van der Waals surface area contributed by atoms with E-state index in [1.54, 1.807) is 16.2 Å². The van der Waals surface area contributed by atoms with Gasteiger partial charge in [0.05, 0.1) is 6.04 Å². The largest absolute Gasteiger partial charge is 0.480 e. The van der Waals surface area contributed by atoms with E-state index in [-0.39, 0.29) is 18.6 Å². The van der Waals surface area contributed by atoms with E-state index in [2.05, 4.69) is 18.4 Å². The highest BCUT2D eigenvalue weighted by Crippen LogP contribution is 2.35. The summed E-state index contributed by atoms with van der Waals surface area (Å²) < 4.78 is 4.88. The summed E-state index contributed by atoms with van der Waals surface area (Å²) in [7, 11) is 0. The first-order valence-corrected chi connectivity index (χ1v) is 7.16. The Morgan fingerprint density at radius 1 is 1.53 bits per heavy atom. The number of rotatable bonds is 5. The summed E-state index contributed by atoms with van der Waals surface area (Å²) >= 11 is 1.73. The zero-order chi connectivity index (χ0) is 13.8. The number of hydrogen-bond acceptors (Lipinski definition) is 4. The van der Waals surface area contributed by atoms with Gasteiger partial charge < -0.3 is 14.7 Å². The minimum Gasteiger partial charge on any atom is -0.480 e. The van der Waals surface area contributed by atoms with Crippen LogP contribution in [0, 0.1) is 0 Å². The molecule has 1 aromatic heterocycles. The zero-order valence-electron chi connectivity index (χ0n) is 10.8. The molecular weight excluding hydrogens is 266 g/mol. The molecule has 0 radical (unpaired) electrons. The second-order valence-electron chi connectivity index (χ2n) is 4.45. The van der Waals surface area contributed by atoms with Crippen LogP contribution in [0.15, 0.2) is 11.4 Å². The number of carboxylic acids is 1. The Hall–Kier alpha value is -1.40. The molecule has 0 saturated carbocycles. The highest BCUT2D eigenvalue weighted by molar-refractivity contribution is 7.10. The third kappa shape index (κ3) is 3.13. The molecule has 1 atom stereocenters. The first-order chi connectivity index (χ1) is 9.13. The monoisotopic (exact) mass is 283 g/mol. The van der Waals surface area contributed by atoms with Gasteiger partial charge in [-0.1, -0.05) is 6.92 Å². The van der Waals surface area contributed by atoms with Crippen LogP contribution < -0.4 is 0 Å². The number of thiophene rings is 1. The Bertz CT molecular complexity index is 471. The number of fused-ring (bicyclic) bond motifs is 1. The molecule has 1 unspecified atom stereocenters. The Morgan fingerprint density at radius 3 is 3.00 bits per heavy atom. The van der Waals surface area contributed by atoms with Crippen LogP contribution in [0.3, 0.4) is 0 Å². The summed E-state index contributed by atoms with van der Waals surface area (Å²) in [6.45, 7) is 2.14. The molecule has 2 rings (SSSR count). The first kappa shape index (κ1) is 14.0. The third-order valence-corrected chi connectivity index (χ3v) is 4.25. The minimum absolute atomic E-state index is 0.0935. The van der Waals surface area contributed by atoms with Gasteiger partial charge in [0, 0.05) is 11.4 Å². The van der Waals surface area contributed by atoms with Crippen LogP contribution in [0.5, 0.6) is 0 Å². The maximum atomic E-state index is 12.1. The molecule has 1 aliphatic heterocycles. The van der Waals surface area contributed by atoms with Crippen molar-refractivity contribution in [1.29, 1.82) is 0 Å². The Morgan fingerprint density at radius 2 is 2.32 bits per heavy atom. The van der Waals surface area contributed by atoms with Crippen LogP contribution in [-0.4, -0.2) is 41.6 Å². The van der Waals surface area contributed by atoms with Gasteiger partial charge in [-0.05, 0) is 29.9 Å². The van der Waals surface area contributed by atoms with Gasteiger partial charge in [0.25, 0.3) is 0 Å². The molecule has 0 spiro atoms. The molecule has 1 amide bonds. The van der Waals surface area contributed by atoms with Crippen molar-refractivity contribution in [3.8, 4) is 0 Å². The van der Waals surface area contributed by atoms with Crippen molar-refractivity contribution in [2.24, 2.45) is 0 Å². The Labute approximate surface area is 115 Å². The van der Waals surface area contributed by atoms with E-state index in [1.165, 1.54) is 10.4 Å². The second-order valence-corrected chi connectivity index (χ2v) is 5.45. The van der Waals surface area contributed by atoms with Crippen LogP contribution >= 0.6 is 11.3 Å². The maximum Gasteiger partial charge on any atom is 0.329 e. The molecule has 6 heteroatoms. The minimum atomic E-state index is -1.06. The zero-order valence-corrected chi connectivity index (χ0v) is 11.6. The van der Waals surface area contributed by atoms with E-state index in [9.17, 15) is 9.59 Å². The molecule has 19 heavy (non-hydrogen) atoms. The molecule has 0 aliphatic carbocycles. The van der Waals surface area contributed by atoms with Crippen LogP contribution in [0.2, 0.25) is 0 Å². The van der Waals surface area contributed by atoms with Crippen molar-refractivity contribution in [3.63, 3.8) is 0 Å². The van der Waals surface area contributed by atoms with Crippen LogP contribution in [0.1, 0.15) is 29.8 Å². The van der Waals surface area contributed by atoms with E-state index in [4.69, 9.17) is 9.84 Å². The molecule has 0 bridgehead atoms. The lowest BCUT2D eigenvalue weighted by molar-refractivity contribution is -0.147. The van der Waals surface area contributed by atoms with Crippen molar-refractivity contribution in [2.75, 3.05) is 19.8 Å². The SMILES string of the molecule is CCC1c2ccsc2CCN1C(=O)COCC(=O)O. The predicted octanol–water partition coefficient (Wildman–Crippen LogP) is 1.69. The smallest absolute Gasteiger partial charge is 0.329 e. The number of hydrogen-bond donors (Lipinski definition) is 1. The molecule has 1 aliphatic rings. The van der Waals surface area contributed by atoms with Crippen molar-refractivity contribution in [3.05, 3.63) is 21.9 Å². The van der Waals surface area contributed by atoms with E-state index >= 15 is 0 Å². The van der Waals surface area contributed by atoms with Gasteiger partial charge in [-0.25, -0.2) is 4.79 Å². The van der Waals surface area contributed by atoms with Gasteiger partial charge in [0.1, 0.15) is 13.2 Å². The standard InChI is InChI=1S/C13H17NO4S/c1-2-10-9-4-6-19-11(9)3-5-14(10)12(15)7-18-8-13(16)17/h4,6,10H,2-3,5,7-8H2,1H3,(H,16,17). The van der Waals surface area contributed by atoms with Gasteiger partial charge in [0.2, 0.25) is 5.91 Å². The topological polar surface area (TPSA) is 66.8 Å². The number of carbonyl (C=O) groups is 2. The summed E-state index contributed by atoms with van der Waals surface area (Å²) in [4.78, 5) is 25.6. The quantitative estimate of drug-likeness (QED) is 0.893. The highest BCUT2D eigenvalue weighted by atomic mass is 32.1. The fourth-order valence-electron chi connectivity index (χ4n) is 2.44. The summed E-state index contributed by atoms with van der Waals surface area (Å²) in [5.41, 5.74) is 1.23. The van der Waals surface area contributed by atoms with Gasteiger partial charge in [-0.3, -0.25) is 4.79 Å². The highest BCUT2D eigenvalue weighted by Gasteiger charge is 2.30. The van der Waals surface area contributed by atoms with E-state index in [0.717, 1.165) is 12.8 Å². The molecule has 0 saturated heterocycles. The Balaban J connectivity index is 2.00. The number of nitrogens with zero attached hydrogens (tertiary/aromatic N) is 1. The average Bonchev–Trinajstić information content (AvgIpc) is 2.85. The maximum absolute atomic E-state index is 12.1. The molecular formula is C13H17NO4S. The summed E-state index contributed by atoms with van der Waals surface area (Å²) in [5, 5.41) is 10.5. The molecule has 5 nitrogen and oxygen atoms in total. The van der Waals surface area contributed by atoms with Gasteiger partial charge in [0.15, 0.2) is 0 Å².